The minimum absolute atomic E-state index is 0.128. The van der Waals surface area contributed by atoms with E-state index in [-0.39, 0.29) is 4.90 Å². The zero-order chi connectivity index (χ0) is 20.6. The SMILES string of the molecule is O=S(=O)(c1ccc(OC(F)(F)F)cc1)n1ccc2c(N3CCNCC3)cccc21. The second-order valence-corrected chi connectivity index (χ2v) is 8.40. The molecular weight excluding hydrogens is 407 g/mol. The van der Waals surface area contributed by atoms with Gasteiger partial charge in [-0.05, 0) is 42.5 Å². The van der Waals surface area contributed by atoms with Crippen molar-refractivity contribution in [1.82, 2.24) is 9.29 Å². The van der Waals surface area contributed by atoms with Gasteiger partial charge in [0.15, 0.2) is 0 Å². The Balaban J connectivity index is 1.70. The van der Waals surface area contributed by atoms with Crippen LogP contribution in [-0.2, 0) is 10.0 Å². The number of nitrogens with zero attached hydrogens (tertiary/aromatic N) is 2. The largest absolute Gasteiger partial charge is 0.573 e. The van der Waals surface area contributed by atoms with E-state index in [1.165, 1.54) is 6.20 Å². The number of nitrogens with one attached hydrogen (secondary N) is 1. The molecule has 154 valence electrons. The Morgan fingerprint density at radius 2 is 1.66 bits per heavy atom. The van der Waals surface area contributed by atoms with Crippen LogP contribution in [0.2, 0.25) is 0 Å². The second-order valence-electron chi connectivity index (χ2n) is 6.58. The summed E-state index contributed by atoms with van der Waals surface area (Å²) in [5.74, 6) is -0.477. The molecule has 3 aromatic rings. The summed E-state index contributed by atoms with van der Waals surface area (Å²) in [5, 5.41) is 4.08. The lowest BCUT2D eigenvalue weighted by Gasteiger charge is -2.30. The topological polar surface area (TPSA) is 63.6 Å². The van der Waals surface area contributed by atoms with Crippen LogP contribution in [0, 0.1) is 0 Å². The fraction of sp³-hybridized carbons (Fsp3) is 0.263. The summed E-state index contributed by atoms with van der Waals surface area (Å²) >= 11 is 0. The quantitative estimate of drug-likeness (QED) is 0.696. The Hall–Kier alpha value is -2.72. The molecule has 2 aromatic carbocycles. The number of hydrogen-bond donors (Lipinski definition) is 1. The van der Waals surface area contributed by atoms with Gasteiger partial charge < -0.3 is 15.0 Å². The molecule has 1 aliphatic heterocycles. The van der Waals surface area contributed by atoms with Crippen LogP contribution in [0.3, 0.4) is 0 Å². The molecule has 1 fully saturated rings. The van der Waals surface area contributed by atoms with Crippen LogP contribution in [0.15, 0.2) is 59.6 Å². The third-order valence-corrected chi connectivity index (χ3v) is 6.45. The number of benzene rings is 2. The van der Waals surface area contributed by atoms with E-state index in [1.807, 2.05) is 6.07 Å². The van der Waals surface area contributed by atoms with Gasteiger partial charge in [-0.2, -0.15) is 0 Å². The number of rotatable bonds is 4. The van der Waals surface area contributed by atoms with Crippen LogP contribution < -0.4 is 15.0 Å². The van der Waals surface area contributed by atoms with Crippen molar-refractivity contribution in [2.24, 2.45) is 0 Å². The first-order chi connectivity index (χ1) is 13.8. The summed E-state index contributed by atoms with van der Waals surface area (Å²) in [6.45, 7) is 3.33. The summed E-state index contributed by atoms with van der Waals surface area (Å²) in [6.07, 6.45) is -3.37. The van der Waals surface area contributed by atoms with E-state index in [9.17, 15) is 21.6 Å². The summed E-state index contributed by atoms with van der Waals surface area (Å²) in [5.41, 5.74) is 1.46. The molecule has 0 spiro atoms. The molecule has 2 heterocycles. The molecule has 0 unspecified atom stereocenters. The van der Waals surface area contributed by atoms with Crippen LogP contribution in [0.5, 0.6) is 5.75 Å². The highest BCUT2D eigenvalue weighted by Gasteiger charge is 2.31. The predicted molar refractivity (Wildman–Crippen MR) is 103 cm³/mol. The van der Waals surface area contributed by atoms with Crippen molar-refractivity contribution in [3.8, 4) is 5.75 Å². The maximum absolute atomic E-state index is 13.1. The molecule has 29 heavy (non-hydrogen) atoms. The summed E-state index contributed by atoms with van der Waals surface area (Å²) < 4.78 is 68.0. The van der Waals surface area contributed by atoms with Gasteiger partial charge in [0, 0.05) is 43.4 Å². The molecular formula is C19H18F3N3O3S. The summed E-state index contributed by atoms with van der Waals surface area (Å²) in [4.78, 5) is 2.07. The average Bonchev–Trinajstić information content (AvgIpc) is 3.13. The van der Waals surface area contributed by atoms with Crippen LogP contribution in [0.1, 0.15) is 0 Å². The first-order valence-electron chi connectivity index (χ1n) is 8.93. The van der Waals surface area contributed by atoms with Gasteiger partial charge in [-0.25, -0.2) is 12.4 Å². The molecule has 0 bridgehead atoms. The Bertz CT molecular complexity index is 1120. The lowest BCUT2D eigenvalue weighted by Crippen LogP contribution is -2.43. The molecule has 0 radical (unpaired) electrons. The van der Waals surface area contributed by atoms with E-state index in [4.69, 9.17) is 0 Å². The van der Waals surface area contributed by atoms with Gasteiger partial charge in [-0.15, -0.1) is 13.2 Å². The molecule has 4 rings (SSSR count). The number of alkyl halides is 3. The molecule has 6 nitrogen and oxygen atoms in total. The first kappa shape index (κ1) is 19.6. The van der Waals surface area contributed by atoms with Gasteiger partial charge in [0.05, 0.1) is 10.4 Å². The molecule has 10 heteroatoms. The molecule has 0 saturated carbocycles. The highest BCUT2D eigenvalue weighted by molar-refractivity contribution is 7.90. The minimum Gasteiger partial charge on any atom is -0.406 e. The third kappa shape index (κ3) is 3.90. The Morgan fingerprint density at radius 3 is 2.31 bits per heavy atom. The maximum Gasteiger partial charge on any atom is 0.573 e. The number of aromatic nitrogens is 1. The fourth-order valence-corrected chi connectivity index (χ4v) is 4.79. The van der Waals surface area contributed by atoms with Gasteiger partial charge in [0.25, 0.3) is 10.0 Å². The number of fused-ring (bicyclic) bond motifs is 1. The standard InChI is InChI=1S/C19H18F3N3O3S/c20-19(21,22)28-14-4-6-15(7-5-14)29(26,27)25-11-8-16-17(2-1-3-18(16)25)24-12-9-23-10-13-24/h1-8,11,23H,9-10,12-13H2. The van der Waals surface area contributed by atoms with Crippen LogP contribution in [0.4, 0.5) is 18.9 Å². The van der Waals surface area contributed by atoms with Gasteiger partial charge in [0.2, 0.25) is 0 Å². The van der Waals surface area contributed by atoms with Crippen molar-refractivity contribution in [3.05, 3.63) is 54.7 Å². The van der Waals surface area contributed by atoms with Crippen LogP contribution >= 0.6 is 0 Å². The highest BCUT2D eigenvalue weighted by Crippen LogP contribution is 2.31. The molecule has 1 saturated heterocycles. The Labute approximate surface area is 165 Å². The Kier molecular flexibility index (Phi) is 4.91. The van der Waals surface area contributed by atoms with Crippen molar-refractivity contribution in [2.45, 2.75) is 11.3 Å². The normalized spacial score (nSPS) is 15.6. The van der Waals surface area contributed by atoms with E-state index in [1.54, 1.807) is 18.2 Å². The van der Waals surface area contributed by atoms with Gasteiger partial charge in [0.1, 0.15) is 5.75 Å². The van der Waals surface area contributed by atoms with Gasteiger partial charge in [-0.1, -0.05) is 6.07 Å². The highest BCUT2D eigenvalue weighted by atomic mass is 32.2. The van der Waals surface area contributed by atoms with E-state index < -0.39 is 22.1 Å². The van der Waals surface area contributed by atoms with Gasteiger partial charge >= 0.3 is 6.36 Å². The van der Waals surface area contributed by atoms with Crippen molar-refractivity contribution < 1.29 is 26.3 Å². The van der Waals surface area contributed by atoms with E-state index in [0.29, 0.717) is 5.52 Å². The number of hydrogen-bond acceptors (Lipinski definition) is 5. The van der Waals surface area contributed by atoms with Crippen molar-refractivity contribution in [1.29, 1.82) is 0 Å². The molecule has 1 aliphatic rings. The average molecular weight is 425 g/mol. The van der Waals surface area contributed by atoms with Crippen LogP contribution in [0.25, 0.3) is 10.9 Å². The van der Waals surface area contributed by atoms with Gasteiger partial charge in [-0.3, -0.25) is 0 Å². The first-order valence-corrected chi connectivity index (χ1v) is 10.4. The lowest BCUT2D eigenvalue weighted by molar-refractivity contribution is -0.274. The van der Waals surface area contributed by atoms with Crippen molar-refractivity contribution in [2.75, 3.05) is 31.1 Å². The summed E-state index contributed by atoms with van der Waals surface area (Å²) in [7, 11) is -3.98. The molecule has 1 aromatic heterocycles. The van der Waals surface area contributed by atoms with Crippen molar-refractivity contribution in [3.63, 3.8) is 0 Å². The number of piperazine rings is 1. The molecule has 0 amide bonds. The van der Waals surface area contributed by atoms with E-state index in [0.717, 1.165) is 65.5 Å². The fourth-order valence-electron chi connectivity index (χ4n) is 3.44. The third-order valence-electron chi connectivity index (χ3n) is 4.75. The predicted octanol–water partition coefficient (Wildman–Crippen LogP) is 3.19. The monoisotopic (exact) mass is 425 g/mol. The lowest BCUT2D eigenvalue weighted by atomic mass is 10.2. The van der Waals surface area contributed by atoms with E-state index >= 15 is 0 Å². The molecule has 1 N–H and O–H groups in total. The zero-order valence-corrected chi connectivity index (χ0v) is 16.0. The Morgan fingerprint density at radius 1 is 0.966 bits per heavy atom. The zero-order valence-electron chi connectivity index (χ0n) is 15.2. The molecule has 0 atom stereocenters. The molecule has 0 aliphatic carbocycles. The summed E-state index contributed by atoms with van der Waals surface area (Å²) in [6, 6.07) is 11.4. The number of ether oxygens (including phenoxy) is 1. The maximum atomic E-state index is 13.1. The number of halogens is 3. The van der Waals surface area contributed by atoms with Crippen molar-refractivity contribution >= 4 is 26.6 Å². The second kappa shape index (κ2) is 7.27. The smallest absolute Gasteiger partial charge is 0.406 e. The van der Waals surface area contributed by atoms with E-state index in [2.05, 4.69) is 15.0 Å². The minimum atomic E-state index is -4.84. The van der Waals surface area contributed by atoms with Crippen LogP contribution in [-0.4, -0.2) is 44.9 Å². The number of anilines is 1.